The van der Waals surface area contributed by atoms with Crippen molar-refractivity contribution in [3.63, 3.8) is 0 Å². The number of rotatable bonds is 4. The van der Waals surface area contributed by atoms with E-state index in [4.69, 9.17) is 0 Å². The summed E-state index contributed by atoms with van der Waals surface area (Å²) in [5.41, 5.74) is 0.701. The second kappa shape index (κ2) is 6.12. The third kappa shape index (κ3) is 6.94. The minimum absolute atomic E-state index is 0.0110. The topological polar surface area (TPSA) is 34.1 Å². The highest BCUT2D eigenvalue weighted by Gasteiger charge is 1.90. The maximum atomic E-state index is 10.7. The number of allylic oxidation sites excluding steroid dienone is 6. The van der Waals surface area contributed by atoms with Crippen LogP contribution >= 0.6 is 0 Å². The maximum Gasteiger partial charge on any atom is 0.155 e. The van der Waals surface area contributed by atoms with Gasteiger partial charge in [-0.15, -0.1) is 0 Å². The van der Waals surface area contributed by atoms with Crippen molar-refractivity contribution in [3.8, 4) is 0 Å². The number of hydrogen-bond donors (Lipinski definition) is 0. The van der Waals surface area contributed by atoms with E-state index in [9.17, 15) is 9.59 Å². The lowest BCUT2D eigenvalue weighted by atomic mass is 10.2. The summed E-state index contributed by atoms with van der Waals surface area (Å²) in [6, 6.07) is 0. The predicted molar refractivity (Wildman–Crippen MR) is 53.4 cm³/mol. The Bertz CT molecular complexity index is 280. The molecular formula is C11H14O2. The molecule has 0 bridgehead atoms. The Hall–Kier alpha value is -1.44. The number of Topliss-reactive ketones (excluding diaryl/α,β-unsaturated/α-hetero) is 1. The lowest BCUT2D eigenvalue weighted by Gasteiger charge is -1.87. The Kier molecular flexibility index (Phi) is 5.44. The van der Waals surface area contributed by atoms with Crippen LogP contribution in [0.25, 0.3) is 0 Å². The van der Waals surface area contributed by atoms with Crippen LogP contribution in [0.4, 0.5) is 0 Å². The van der Waals surface area contributed by atoms with Gasteiger partial charge in [0.05, 0.1) is 0 Å². The monoisotopic (exact) mass is 178 g/mol. The van der Waals surface area contributed by atoms with Crippen LogP contribution in [-0.4, -0.2) is 11.6 Å². The van der Waals surface area contributed by atoms with Crippen molar-refractivity contribution in [1.29, 1.82) is 0 Å². The van der Waals surface area contributed by atoms with Crippen LogP contribution in [0.5, 0.6) is 0 Å². The molecule has 0 amide bonds. The largest absolute Gasteiger partial charge is 0.295 e. The fourth-order valence-corrected chi connectivity index (χ4v) is 0.572. The van der Waals surface area contributed by atoms with Gasteiger partial charge in [-0.1, -0.05) is 24.3 Å². The molecule has 0 aliphatic rings. The second-order valence-electron chi connectivity index (χ2n) is 2.76. The highest BCUT2D eigenvalue weighted by Crippen LogP contribution is 1.94. The molecule has 2 nitrogen and oxygen atoms in total. The molecule has 2 heteroatoms. The smallest absolute Gasteiger partial charge is 0.155 e. The van der Waals surface area contributed by atoms with Crippen molar-refractivity contribution in [3.05, 3.63) is 36.0 Å². The van der Waals surface area contributed by atoms with Gasteiger partial charge in [0, 0.05) is 0 Å². The third-order valence-electron chi connectivity index (χ3n) is 1.45. The van der Waals surface area contributed by atoms with E-state index in [0.717, 1.165) is 0 Å². The quantitative estimate of drug-likeness (QED) is 0.488. The van der Waals surface area contributed by atoms with E-state index in [1.807, 2.05) is 0 Å². The van der Waals surface area contributed by atoms with Crippen molar-refractivity contribution in [2.24, 2.45) is 0 Å². The Labute approximate surface area is 78.6 Å². The van der Waals surface area contributed by atoms with Gasteiger partial charge in [0.1, 0.15) is 0 Å². The van der Waals surface area contributed by atoms with E-state index in [0.29, 0.717) is 5.57 Å². The molecule has 0 aromatic carbocycles. The second-order valence-corrected chi connectivity index (χ2v) is 2.76. The molecule has 0 aromatic heterocycles. The van der Waals surface area contributed by atoms with E-state index in [1.54, 1.807) is 31.2 Å². The fraction of sp³-hybridized carbons (Fsp3) is 0.273. The molecule has 0 unspecified atom stereocenters. The summed E-state index contributed by atoms with van der Waals surface area (Å²) < 4.78 is 0. The summed E-state index contributed by atoms with van der Waals surface area (Å²) in [6.45, 7) is 4.76. The predicted octanol–water partition coefficient (Wildman–Crippen LogP) is 2.22. The van der Waals surface area contributed by atoms with E-state index < -0.39 is 0 Å². The fourth-order valence-electron chi connectivity index (χ4n) is 0.572. The first-order valence-corrected chi connectivity index (χ1v) is 4.07. The Morgan fingerprint density at radius 3 is 2.00 bits per heavy atom. The maximum absolute atomic E-state index is 10.7. The molecule has 0 heterocycles. The molecule has 13 heavy (non-hydrogen) atoms. The van der Waals surface area contributed by atoms with Crippen LogP contribution in [0.2, 0.25) is 0 Å². The molecule has 0 atom stereocenters. The summed E-state index contributed by atoms with van der Waals surface area (Å²) in [6.07, 6.45) is 8.27. The van der Waals surface area contributed by atoms with Crippen molar-refractivity contribution >= 4 is 11.6 Å². The molecular weight excluding hydrogens is 164 g/mol. The summed E-state index contributed by atoms with van der Waals surface area (Å²) >= 11 is 0. The molecule has 70 valence electrons. The highest BCUT2D eigenvalue weighted by atomic mass is 16.1. The Morgan fingerprint density at radius 2 is 1.54 bits per heavy atom. The molecule has 0 radical (unpaired) electrons. The molecule has 0 saturated heterocycles. The molecule has 0 aliphatic heterocycles. The first-order valence-electron chi connectivity index (χ1n) is 4.07. The molecule has 0 aromatic rings. The van der Waals surface area contributed by atoms with E-state index in [2.05, 4.69) is 0 Å². The lowest BCUT2D eigenvalue weighted by Crippen LogP contribution is -1.89. The van der Waals surface area contributed by atoms with Gasteiger partial charge in [0.25, 0.3) is 0 Å². The van der Waals surface area contributed by atoms with Crippen molar-refractivity contribution in [2.45, 2.75) is 20.8 Å². The summed E-state index contributed by atoms with van der Waals surface area (Å²) in [5.74, 6) is 0.0668. The summed E-state index contributed by atoms with van der Waals surface area (Å²) in [5, 5.41) is 0. The molecule has 0 N–H and O–H groups in total. The number of carbonyl (C=O) groups excluding carboxylic acids is 2. The molecule has 0 spiro atoms. The summed E-state index contributed by atoms with van der Waals surface area (Å²) in [4.78, 5) is 21.2. The Balaban J connectivity index is 4.08. The standard InChI is InChI=1S/C11H14O2/c1-9(11(3)13)7-5-4-6-8-10(2)12/h4-8H,1-3H3. The van der Waals surface area contributed by atoms with Crippen molar-refractivity contribution in [2.75, 3.05) is 0 Å². The number of carbonyl (C=O) groups is 2. The van der Waals surface area contributed by atoms with Gasteiger partial charge in [-0.2, -0.15) is 0 Å². The number of hydrogen-bond acceptors (Lipinski definition) is 2. The highest BCUT2D eigenvalue weighted by molar-refractivity contribution is 5.92. The van der Waals surface area contributed by atoms with Gasteiger partial charge in [-0.25, -0.2) is 0 Å². The van der Waals surface area contributed by atoms with Gasteiger partial charge in [-0.3, -0.25) is 9.59 Å². The van der Waals surface area contributed by atoms with Crippen LogP contribution in [0.1, 0.15) is 20.8 Å². The van der Waals surface area contributed by atoms with Crippen LogP contribution in [0, 0.1) is 0 Å². The zero-order valence-electron chi connectivity index (χ0n) is 8.20. The van der Waals surface area contributed by atoms with Gasteiger partial charge in [0.2, 0.25) is 0 Å². The average Bonchev–Trinajstić information content (AvgIpc) is 2.02. The van der Waals surface area contributed by atoms with Crippen LogP contribution < -0.4 is 0 Å². The van der Waals surface area contributed by atoms with Gasteiger partial charge in [0.15, 0.2) is 11.6 Å². The van der Waals surface area contributed by atoms with E-state index in [-0.39, 0.29) is 11.6 Å². The lowest BCUT2D eigenvalue weighted by molar-refractivity contribution is -0.114. The molecule has 0 rings (SSSR count). The van der Waals surface area contributed by atoms with Gasteiger partial charge < -0.3 is 0 Å². The SMILES string of the molecule is CC(=O)C=CC=CC=C(C)C(C)=O. The van der Waals surface area contributed by atoms with E-state index in [1.165, 1.54) is 19.9 Å². The number of ketones is 2. The van der Waals surface area contributed by atoms with Gasteiger partial charge >= 0.3 is 0 Å². The minimum atomic E-state index is 0.0110. The van der Waals surface area contributed by atoms with Crippen LogP contribution in [-0.2, 0) is 9.59 Å². The molecule has 0 aliphatic carbocycles. The first kappa shape index (κ1) is 11.6. The van der Waals surface area contributed by atoms with Crippen LogP contribution in [0.3, 0.4) is 0 Å². The normalized spacial score (nSPS) is 12.7. The van der Waals surface area contributed by atoms with Crippen molar-refractivity contribution in [1.82, 2.24) is 0 Å². The van der Waals surface area contributed by atoms with Crippen molar-refractivity contribution < 1.29 is 9.59 Å². The first-order chi connectivity index (χ1) is 6.04. The van der Waals surface area contributed by atoms with Gasteiger partial charge in [-0.05, 0) is 32.4 Å². The summed E-state index contributed by atoms with van der Waals surface area (Å²) in [7, 11) is 0. The minimum Gasteiger partial charge on any atom is -0.295 e. The average molecular weight is 178 g/mol. The van der Waals surface area contributed by atoms with E-state index >= 15 is 0 Å². The third-order valence-corrected chi connectivity index (χ3v) is 1.45. The molecule has 0 fully saturated rings. The zero-order valence-corrected chi connectivity index (χ0v) is 8.20. The van der Waals surface area contributed by atoms with Crippen LogP contribution in [0.15, 0.2) is 36.0 Å². The molecule has 0 saturated carbocycles. The zero-order chi connectivity index (χ0) is 10.3. The Morgan fingerprint density at radius 1 is 0.923 bits per heavy atom.